The van der Waals surface area contributed by atoms with Crippen molar-refractivity contribution in [2.45, 2.75) is 13.3 Å². The summed E-state index contributed by atoms with van der Waals surface area (Å²) in [5.41, 5.74) is 1.62. The lowest BCUT2D eigenvalue weighted by atomic mass is 10.1. The van der Waals surface area contributed by atoms with E-state index >= 15 is 0 Å². The van der Waals surface area contributed by atoms with Crippen LogP contribution in [0.25, 0.3) is 0 Å². The summed E-state index contributed by atoms with van der Waals surface area (Å²) >= 11 is 0. The monoisotopic (exact) mass is 166 g/mol. The minimum absolute atomic E-state index is 0.258. The Balaban J connectivity index is 2.75. The van der Waals surface area contributed by atoms with Crippen LogP contribution >= 0.6 is 0 Å². The number of hydrogen-bond acceptors (Lipinski definition) is 4. The maximum Gasteiger partial charge on any atom is 0.310 e. The third kappa shape index (κ3) is 2.02. The zero-order chi connectivity index (χ0) is 8.97. The van der Waals surface area contributed by atoms with Gasteiger partial charge in [0.25, 0.3) is 0 Å². The number of carbonyl (C=O) groups is 1. The van der Waals surface area contributed by atoms with Crippen LogP contribution in [0.2, 0.25) is 0 Å². The maximum absolute atomic E-state index is 10.9. The lowest BCUT2D eigenvalue weighted by molar-refractivity contribution is -0.139. The first-order valence-electron chi connectivity index (χ1n) is 3.58. The van der Waals surface area contributed by atoms with Crippen molar-refractivity contribution in [2.75, 3.05) is 7.11 Å². The first-order chi connectivity index (χ1) is 5.74. The van der Waals surface area contributed by atoms with Crippen LogP contribution in [-0.2, 0) is 16.0 Å². The fraction of sp³-hybridized carbons (Fsp3) is 0.375. The highest BCUT2D eigenvalue weighted by atomic mass is 16.5. The lowest BCUT2D eigenvalue weighted by Crippen LogP contribution is -2.06. The zero-order valence-corrected chi connectivity index (χ0v) is 7.07. The van der Waals surface area contributed by atoms with Gasteiger partial charge in [-0.1, -0.05) is 0 Å². The summed E-state index contributed by atoms with van der Waals surface area (Å²) in [5.74, 6) is -0.258. The van der Waals surface area contributed by atoms with E-state index in [-0.39, 0.29) is 12.4 Å². The third-order valence-electron chi connectivity index (χ3n) is 1.58. The summed E-state index contributed by atoms with van der Waals surface area (Å²) < 4.78 is 4.52. The summed E-state index contributed by atoms with van der Waals surface area (Å²) in [4.78, 5) is 10.9. The van der Waals surface area contributed by atoms with E-state index in [1.165, 1.54) is 7.11 Å². The van der Waals surface area contributed by atoms with Gasteiger partial charge in [0.05, 0.1) is 19.2 Å². The van der Waals surface area contributed by atoms with Crippen LogP contribution in [0.15, 0.2) is 12.3 Å². The van der Waals surface area contributed by atoms with Crippen molar-refractivity contribution < 1.29 is 9.53 Å². The molecule has 12 heavy (non-hydrogen) atoms. The number of aromatic nitrogens is 2. The van der Waals surface area contributed by atoms with E-state index in [2.05, 4.69) is 14.9 Å². The van der Waals surface area contributed by atoms with Gasteiger partial charge in [0, 0.05) is 6.20 Å². The first-order valence-corrected chi connectivity index (χ1v) is 3.58. The number of nitrogens with zero attached hydrogens (tertiary/aromatic N) is 2. The second-order valence-corrected chi connectivity index (χ2v) is 2.39. The standard InChI is InChI=1S/C8H10N2O2/c1-6-7(3-4-9-10-6)5-8(11)12-2/h3-4H,5H2,1-2H3. The summed E-state index contributed by atoms with van der Waals surface area (Å²) in [7, 11) is 1.37. The molecule has 0 bridgehead atoms. The highest BCUT2D eigenvalue weighted by Gasteiger charge is 2.05. The van der Waals surface area contributed by atoms with Gasteiger partial charge in [-0.2, -0.15) is 10.2 Å². The molecule has 0 aliphatic carbocycles. The van der Waals surface area contributed by atoms with Crippen LogP contribution in [0.1, 0.15) is 11.3 Å². The average Bonchev–Trinajstić information content (AvgIpc) is 2.09. The molecule has 1 heterocycles. The Labute approximate surface area is 70.6 Å². The van der Waals surface area contributed by atoms with Crippen molar-refractivity contribution in [1.29, 1.82) is 0 Å². The molecule has 0 radical (unpaired) electrons. The largest absolute Gasteiger partial charge is 0.469 e. The van der Waals surface area contributed by atoms with Gasteiger partial charge in [-0.05, 0) is 18.6 Å². The first kappa shape index (κ1) is 8.64. The Hall–Kier alpha value is -1.45. The molecule has 0 N–H and O–H groups in total. The van der Waals surface area contributed by atoms with Gasteiger partial charge >= 0.3 is 5.97 Å². The molecule has 0 aliphatic rings. The normalized spacial score (nSPS) is 9.50. The molecule has 1 aromatic heterocycles. The van der Waals surface area contributed by atoms with Crippen molar-refractivity contribution >= 4 is 5.97 Å². The van der Waals surface area contributed by atoms with Gasteiger partial charge in [0.2, 0.25) is 0 Å². The summed E-state index contributed by atoms with van der Waals surface area (Å²) in [5, 5.41) is 7.48. The number of ether oxygens (including phenoxy) is 1. The second kappa shape index (κ2) is 3.80. The Bertz CT molecular complexity index is 286. The van der Waals surface area contributed by atoms with E-state index in [0.717, 1.165) is 11.3 Å². The highest BCUT2D eigenvalue weighted by molar-refractivity contribution is 5.72. The molecular weight excluding hydrogens is 156 g/mol. The lowest BCUT2D eigenvalue weighted by Gasteiger charge is -2.00. The Morgan fingerprint density at radius 1 is 1.67 bits per heavy atom. The van der Waals surface area contributed by atoms with E-state index in [9.17, 15) is 4.79 Å². The van der Waals surface area contributed by atoms with Crippen molar-refractivity contribution in [3.8, 4) is 0 Å². The van der Waals surface area contributed by atoms with Gasteiger partial charge in [-0.15, -0.1) is 0 Å². The van der Waals surface area contributed by atoms with Crippen LogP contribution in [0.4, 0.5) is 0 Å². The number of hydrogen-bond donors (Lipinski definition) is 0. The Morgan fingerprint density at radius 2 is 2.42 bits per heavy atom. The number of aryl methyl sites for hydroxylation is 1. The fourth-order valence-corrected chi connectivity index (χ4v) is 0.843. The minimum atomic E-state index is -0.258. The predicted octanol–water partition coefficient (Wildman–Crippen LogP) is 0.501. The molecule has 1 rings (SSSR count). The van der Waals surface area contributed by atoms with Crippen LogP contribution < -0.4 is 0 Å². The van der Waals surface area contributed by atoms with Crippen LogP contribution in [0.5, 0.6) is 0 Å². The third-order valence-corrected chi connectivity index (χ3v) is 1.58. The zero-order valence-electron chi connectivity index (χ0n) is 7.07. The van der Waals surface area contributed by atoms with Gasteiger partial charge in [-0.3, -0.25) is 4.79 Å². The van der Waals surface area contributed by atoms with Gasteiger partial charge < -0.3 is 4.74 Å². The topological polar surface area (TPSA) is 52.1 Å². The Morgan fingerprint density at radius 3 is 3.00 bits per heavy atom. The van der Waals surface area contributed by atoms with E-state index < -0.39 is 0 Å². The quantitative estimate of drug-likeness (QED) is 0.600. The molecule has 4 heteroatoms. The molecule has 0 atom stereocenters. The second-order valence-electron chi connectivity index (χ2n) is 2.39. The smallest absolute Gasteiger partial charge is 0.310 e. The molecule has 0 amide bonds. The molecule has 0 fully saturated rings. The Kier molecular flexibility index (Phi) is 2.74. The van der Waals surface area contributed by atoms with Gasteiger partial charge in [0.15, 0.2) is 0 Å². The molecule has 0 aliphatic heterocycles. The van der Waals surface area contributed by atoms with Crippen LogP contribution in [0, 0.1) is 6.92 Å². The van der Waals surface area contributed by atoms with Crippen molar-refractivity contribution in [1.82, 2.24) is 10.2 Å². The molecule has 0 saturated carbocycles. The number of rotatable bonds is 2. The summed E-state index contributed by atoms with van der Waals surface area (Å²) in [6.45, 7) is 1.81. The van der Waals surface area contributed by atoms with Gasteiger partial charge in [-0.25, -0.2) is 0 Å². The minimum Gasteiger partial charge on any atom is -0.469 e. The van der Waals surface area contributed by atoms with E-state index in [0.29, 0.717) is 0 Å². The van der Waals surface area contributed by atoms with Crippen LogP contribution in [-0.4, -0.2) is 23.3 Å². The highest BCUT2D eigenvalue weighted by Crippen LogP contribution is 2.03. The summed E-state index contributed by atoms with van der Waals surface area (Å²) in [6, 6.07) is 1.76. The molecule has 0 aromatic carbocycles. The van der Waals surface area contributed by atoms with Gasteiger partial charge in [0.1, 0.15) is 0 Å². The maximum atomic E-state index is 10.9. The molecule has 0 unspecified atom stereocenters. The van der Waals surface area contributed by atoms with Crippen molar-refractivity contribution in [3.63, 3.8) is 0 Å². The molecular formula is C8H10N2O2. The van der Waals surface area contributed by atoms with Crippen LogP contribution in [0.3, 0.4) is 0 Å². The van der Waals surface area contributed by atoms with E-state index in [1.807, 2.05) is 6.92 Å². The summed E-state index contributed by atoms with van der Waals surface area (Å²) in [6.07, 6.45) is 1.82. The molecule has 64 valence electrons. The molecule has 4 nitrogen and oxygen atoms in total. The number of methoxy groups -OCH3 is 1. The fourth-order valence-electron chi connectivity index (χ4n) is 0.843. The van der Waals surface area contributed by atoms with E-state index in [4.69, 9.17) is 0 Å². The SMILES string of the molecule is COC(=O)Cc1ccnnc1C. The van der Waals surface area contributed by atoms with Crippen molar-refractivity contribution in [2.24, 2.45) is 0 Å². The number of esters is 1. The number of carbonyl (C=O) groups excluding carboxylic acids is 1. The predicted molar refractivity (Wildman–Crippen MR) is 42.5 cm³/mol. The molecule has 1 aromatic rings. The average molecular weight is 166 g/mol. The van der Waals surface area contributed by atoms with E-state index in [1.54, 1.807) is 12.3 Å². The molecule has 0 saturated heterocycles. The molecule has 0 spiro atoms. The van der Waals surface area contributed by atoms with Crippen molar-refractivity contribution in [3.05, 3.63) is 23.5 Å².